The van der Waals surface area contributed by atoms with Gasteiger partial charge in [0.25, 0.3) is 0 Å². The maximum Gasteiger partial charge on any atom is 0.341 e. The van der Waals surface area contributed by atoms with Crippen molar-refractivity contribution in [2.24, 2.45) is 5.41 Å². The van der Waals surface area contributed by atoms with Crippen LogP contribution in [0, 0.1) is 5.41 Å². The molecule has 16 N–H and O–H groups in total. The second-order valence-electron chi connectivity index (χ2n) is 9.03. The summed E-state index contributed by atoms with van der Waals surface area (Å²) in [6, 6.07) is 0. The van der Waals surface area contributed by atoms with Crippen molar-refractivity contribution in [3.8, 4) is 0 Å². The summed E-state index contributed by atoms with van der Waals surface area (Å²) in [5.74, 6) is 0. The second-order valence-corrected chi connectivity index (χ2v) is 24.4. The van der Waals surface area contributed by atoms with E-state index in [1.165, 1.54) is 0 Å². The van der Waals surface area contributed by atoms with Crippen molar-refractivity contribution in [2.45, 2.75) is 53.7 Å². The molecule has 0 aromatic heterocycles. The summed E-state index contributed by atoms with van der Waals surface area (Å²) in [7, 11) is -52.3. The van der Waals surface area contributed by atoms with Crippen molar-refractivity contribution in [1.29, 1.82) is 0 Å². The molecule has 0 heterocycles. The highest BCUT2D eigenvalue weighted by atomic mass is 31.3. The highest BCUT2D eigenvalue weighted by molar-refractivity contribution is 7.75. The first kappa shape index (κ1) is 43.2. The quantitative estimate of drug-likeness (QED) is 0.0599. The van der Waals surface area contributed by atoms with Gasteiger partial charge in [-0.2, -0.15) is 0 Å². The van der Waals surface area contributed by atoms with Crippen LogP contribution in [0.5, 0.6) is 0 Å². The Hall–Kier alpha value is 1.20. The average molecular weight is 782 g/mol. The minimum atomic E-state index is -6.86. The van der Waals surface area contributed by atoms with E-state index in [-0.39, 0.29) is 0 Å². The lowest BCUT2D eigenvalue weighted by Gasteiger charge is -2.49. The van der Waals surface area contributed by atoms with Crippen LogP contribution in [0.2, 0.25) is 0 Å². The molecule has 24 nitrogen and oxygen atoms in total. The molecule has 0 spiro atoms. The van der Waals surface area contributed by atoms with Crippen LogP contribution in [0.3, 0.4) is 0 Å². The molecule has 0 saturated heterocycles. The van der Waals surface area contributed by atoms with Gasteiger partial charge >= 0.3 is 60.8 Å². The Balaban J connectivity index is 7.76. The van der Waals surface area contributed by atoms with E-state index in [0.29, 0.717) is 0 Å². The number of hydrogen-bond donors (Lipinski definition) is 16. The van der Waals surface area contributed by atoms with Crippen molar-refractivity contribution in [1.82, 2.24) is 0 Å². The Kier molecular flexibility index (Phi) is 14.1. The van der Waals surface area contributed by atoms with Crippen LogP contribution in [-0.4, -0.2) is 99.9 Å². The van der Waals surface area contributed by atoms with Crippen molar-refractivity contribution >= 4 is 60.8 Å². The van der Waals surface area contributed by atoms with Crippen LogP contribution in [0.1, 0.15) is 32.1 Å². The number of unbranched alkanes of at least 4 members (excludes halogenated alkanes) is 2. The molecular formula is C10H30O24P8. The Morgan fingerprint density at radius 3 is 0.786 bits per heavy atom. The van der Waals surface area contributed by atoms with Gasteiger partial charge in [0.15, 0.2) is 21.6 Å². The molecule has 0 saturated carbocycles. The lowest BCUT2D eigenvalue weighted by molar-refractivity contribution is 0.190. The van der Waals surface area contributed by atoms with Crippen LogP contribution >= 0.6 is 60.8 Å². The Bertz CT molecular complexity index is 1130. The monoisotopic (exact) mass is 782 g/mol. The van der Waals surface area contributed by atoms with Crippen molar-refractivity contribution < 1.29 is 115 Å². The van der Waals surface area contributed by atoms with Crippen molar-refractivity contribution in [2.75, 3.05) is 0 Å². The molecule has 0 amide bonds. The van der Waals surface area contributed by atoms with E-state index in [1.807, 2.05) is 0 Å². The second kappa shape index (κ2) is 13.7. The summed E-state index contributed by atoms with van der Waals surface area (Å²) in [4.78, 5) is 154. The third-order valence-electron chi connectivity index (χ3n) is 5.70. The summed E-state index contributed by atoms with van der Waals surface area (Å²) >= 11 is 0. The van der Waals surface area contributed by atoms with E-state index < -0.39 is 120 Å². The SMILES string of the molecule is O=P(O)(O)C(CCCCCC(C(P(=O)(O)O)P(=O)(O)O)(C(P(=O)(O)O)P(=O)(O)O)C(P(=O)(O)O)P(=O)(O)O)P(=O)(O)O. The minimum Gasteiger partial charge on any atom is -0.324 e. The average Bonchev–Trinajstić information content (AvgIpc) is 2.54. The van der Waals surface area contributed by atoms with Gasteiger partial charge in [-0.3, -0.25) is 36.5 Å². The maximum absolute atomic E-state index is 12.4. The maximum atomic E-state index is 12.4. The third-order valence-corrected chi connectivity index (χ3v) is 21.7. The smallest absolute Gasteiger partial charge is 0.324 e. The number of rotatable bonds is 17. The Morgan fingerprint density at radius 2 is 0.595 bits per heavy atom. The van der Waals surface area contributed by atoms with E-state index in [0.717, 1.165) is 0 Å². The lowest BCUT2D eigenvalue weighted by atomic mass is 9.87. The molecule has 42 heavy (non-hydrogen) atoms. The zero-order valence-electron chi connectivity index (χ0n) is 20.3. The molecule has 0 aromatic rings. The van der Waals surface area contributed by atoms with E-state index in [4.69, 9.17) is 19.6 Å². The zero-order valence-corrected chi connectivity index (χ0v) is 27.5. The van der Waals surface area contributed by atoms with E-state index >= 15 is 0 Å². The van der Waals surface area contributed by atoms with Crippen molar-refractivity contribution in [3.63, 3.8) is 0 Å². The highest BCUT2D eigenvalue weighted by Crippen LogP contribution is 2.84. The molecule has 0 rings (SSSR count). The topological polar surface area (TPSA) is 460 Å². The molecule has 254 valence electrons. The normalized spacial score (nSPS) is 15.8. The van der Waals surface area contributed by atoms with Gasteiger partial charge in [-0.15, -0.1) is 0 Å². The van der Waals surface area contributed by atoms with Crippen LogP contribution < -0.4 is 0 Å². The van der Waals surface area contributed by atoms with Gasteiger partial charge in [0.1, 0.15) is 0 Å². The predicted octanol–water partition coefficient (Wildman–Crippen LogP) is -1.35. The van der Waals surface area contributed by atoms with Crippen LogP contribution in [0.4, 0.5) is 0 Å². The van der Waals surface area contributed by atoms with Gasteiger partial charge in [-0.05, 0) is 12.8 Å². The first-order chi connectivity index (χ1) is 17.9. The van der Waals surface area contributed by atoms with Crippen LogP contribution in [0.25, 0.3) is 0 Å². The predicted molar refractivity (Wildman–Crippen MR) is 137 cm³/mol. The van der Waals surface area contributed by atoms with Crippen LogP contribution in [0.15, 0.2) is 0 Å². The van der Waals surface area contributed by atoms with Gasteiger partial charge in [-0.25, -0.2) is 0 Å². The van der Waals surface area contributed by atoms with E-state index in [9.17, 15) is 95.2 Å². The fourth-order valence-electron chi connectivity index (χ4n) is 4.72. The molecule has 0 radical (unpaired) electrons. The van der Waals surface area contributed by atoms with E-state index in [1.54, 1.807) is 0 Å². The summed E-state index contributed by atoms with van der Waals surface area (Å²) in [5, 5.41) is -15.6. The molecule has 0 aliphatic heterocycles. The number of hydrogen-bond acceptors (Lipinski definition) is 8. The molecule has 0 atom stereocenters. The molecule has 0 unspecified atom stereocenters. The van der Waals surface area contributed by atoms with Gasteiger partial charge in [0, 0.05) is 5.41 Å². The summed E-state index contributed by atoms with van der Waals surface area (Å²) in [6.07, 6.45) is -6.04. The van der Waals surface area contributed by atoms with Crippen LogP contribution in [-0.2, 0) is 36.5 Å². The molecule has 0 aliphatic rings. The molecular weight excluding hydrogens is 752 g/mol. The fourth-order valence-corrected chi connectivity index (χ4v) is 19.8. The zero-order chi connectivity index (χ0) is 34.3. The van der Waals surface area contributed by atoms with Gasteiger partial charge in [0.05, 0.1) is 0 Å². The summed E-state index contributed by atoms with van der Waals surface area (Å²) in [5.41, 5.74) is -4.72. The van der Waals surface area contributed by atoms with Gasteiger partial charge < -0.3 is 78.3 Å². The minimum absolute atomic E-state index is 0.805. The highest BCUT2D eigenvalue weighted by Gasteiger charge is 2.76. The standard InChI is InChI=1S/C10H30O24P8/c11-35(12,13)6(36(14,15)16)4-2-1-3-5-10(7(37(17,18)19)38(20,21)22,8(39(23,24)25)40(26,27)28)9(41(29,30)31)42(32,33)34/h6-9H,1-5H2,(H2,11,12,13)(H2,14,15,16)(H2,17,18,19)(H2,20,21,22)(H2,23,24,25)(H2,26,27,28)(H2,29,30,31)(H2,32,33,34). The largest absolute Gasteiger partial charge is 0.341 e. The Labute approximate surface area is 234 Å². The fraction of sp³-hybridized carbons (Fsp3) is 1.00. The molecule has 0 fully saturated rings. The van der Waals surface area contributed by atoms with Gasteiger partial charge in [-0.1, -0.05) is 19.3 Å². The lowest BCUT2D eigenvalue weighted by Crippen LogP contribution is -2.52. The van der Waals surface area contributed by atoms with Crippen molar-refractivity contribution in [3.05, 3.63) is 0 Å². The molecule has 0 aliphatic carbocycles. The Morgan fingerprint density at radius 1 is 0.357 bits per heavy atom. The third kappa shape index (κ3) is 11.5. The van der Waals surface area contributed by atoms with E-state index in [2.05, 4.69) is 0 Å². The summed E-state index contributed by atoms with van der Waals surface area (Å²) in [6.45, 7) is 0. The first-order valence-corrected chi connectivity index (χ1v) is 23.8. The summed E-state index contributed by atoms with van der Waals surface area (Å²) < 4.78 is 97.0. The molecule has 0 aromatic carbocycles. The first-order valence-electron chi connectivity index (χ1n) is 10.4. The molecule has 32 heteroatoms. The van der Waals surface area contributed by atoms with Gasteiger partial charge in [0.2, 0.25) is 0 Å². The molecule has 0 bridgehead atoms.